The molecule has 0 spiro atoms. The summed E-state index contributed by atoms with van der Waals surface area (Å²) >= 11 is 11.9. The number of rotatable bonds is 4. The van der Waals surface area contributed by atoms with Crippen LogP contribution in [0.2, 0.25) is 10.0 Å². The largest absolute Gasteiger partial charge is 0.334 e. The Balaban J connectivity index is 1.75. The zero-order valence-corrected chi connectivity index (χ0v) is 13.5. The van der Waals surface area contributed by atoms with E-state index in [9.17, 15) is 0 Å². The van der Waals surface area contributed by atoms with Crippen molar-refractivity contribution in [2.75, 3.05) is 5.32 Å². The Morgan fingerprint density at radius 3 is 2.59 bits per heavy atom. The Kier molecular flexibility index (Phi) is 4.04. The SMILES string of the molecule is Cc1c(CNc2nc(-c3cc(Cl)cc(Cl)c3)no2)cnn1C. The van der Waals surface area contributed by atoms with E-state index in [0.29, 0.717) is 34.0 Å². The number of anilines is 1. The summed E-state index contributed by atoms with van der Waals surface area (Å²) in [4.78, 5) is 4.28. The lowest BCUT2D eigenvalue weighted by atomic mass is 10.2. The van der Waals surface area contributed by atoms with Gasteiger partial charge < -0.3 is 9.84 Å². The van der Waals surface area contributed by atoms with E-state index < -0.39 is 0 Å². The second-order valence-electron chi connectivity index (χ2n) is 4.81. The molecule has 0 radical (unpaired) electrons. The number of nitrogens with one attached hydrogen (secondary N) is 1. The highest BCUT2D eigenvalue weighted by atomic mass is 35.5. The number of hydrogen-bond donors (Lipinski definition) is 1. The number of nitrogens with zero attached hydrogens (tertiary/aromatic N) is 4. The lowest BCUT2D eigenvalue weighted by molar-refractivity contribution is 0.432. The summed E-state index contributed by atoms with van der Waals surface area (Å²) in [5, 5.41) is 12.2. The van der Waals surface area contributed by atoms with Crippen molar-refractivity contribution in [1.82, 2.24) is 19.9 Å². The van der Waals surface area contributed by atoms with E-state index in [2.05, 4.69) is 20.6 Å². The third-order valence-electron chi connectivity index (χ3n) is 3.31. The first-order valence-electron chi connectivity index (χ1n) is 6.54. The topological polar surface area (TPSA) is 68.8 Å². The Bertz CT molecular complexity index is 791. The zero-order chi connectivity index (χ0) is 15.7. The average Bonchev–Trinajstić information content (AvgIpc) is 3.05. The van der Waals surface area contributed by atoms with Gasteiger partial charge in [0.05, 0.1) is 6.20 Å². The minimum Gasteiger partial charge on any atom is -0.334 e. The molecule has 22 heavy (non-hydrogen) atoms. The normalized spacial score (nSPS) is 10.9. The predicted molar refractivity (Wildman–Crippen MR) is 85.0 cm³/mol. The second-order valence-corrected chi connectivity index (χ2v) is 5.69. The van der Waals surface area contributed by atoms with Crippen LogP contribution in [0.15, 0.2) is 28.9 Å². The molecular formula is C14H13Cl2N5O. The van der Waals surface area contributed by atoms with Gasteiger partial charge in [-0.15, -0.1) is 0 Å². The predicted octanol–water partition coefficient (Wildman–Crippen LogP) is 3.70. The molecule has 8 heteroatoms. The van der Waals surface area contributed by atoms with Crippen molar-refractivity contribution in [3.8, 4) is 11.4 Å². The molecule has 1 N–H and O–H groups in total. The van der Waals surface area contributed by atoms with Crippen molar-refractivity contribution in [3.05, 3.63) is 45.7 Å². The lowest BCUT2D eigenvalue weighted by Gasteiger charge is -2.00. The van der Waals surface area contributed by atoms with Gasteiger partial charge in [0.25, 0.3) is 0 Å². The van der Waals surface area contributed by atoms with Crippen LogP contribution in [0.25, 0.3) is 11.4 Å². The first kappa shape index (κ1) is 14.9. The van der Waals surface area contributed by atoms with E-state index in [0.717, 1.165) is 11.3 Å². The Morgan fingerprint density at radius 2 is 1.95 bits per heavy atom. The van der Waals surface area contributed by atoms with E-state index in [1.54, 1.807) is 24.4 Å². The van der Waals surface area contributed by atoms with Crippen LogP contribution in [0, 0.1) is 6.92 Å². The molecule has 0 saturated carbocycles. The molecule has 1 aromatic carbocycles. The molecule has 0 saturated heterocycles. The number of hydrogen-bond acceptors (Lipinski definition) is 5. The molecule has 0 bridgehead atoms. The van der Waals surface area contributed by atoms with E-state index in [1.807, 2.05) is 18.7 Å². The quantitative estimate of drug-likeness (QED) is 0.786. The minimum atomic E-state index is 0.328. The van der Waals surface area contributed by atoms with E-state index in [1.165, 1.54) is 0 Å². The van der Waals surface area contributed by atoms with Crippen LogP contribution >= 0.6 is 23.2 Å². The lowest BCUT2D eigenvalue weighted by Crippen LogP contribution is -2.01. The molecule has 114 valence electrons. The Labute approximate surface area is 137 Å². The standard InChI is InChI=1S/C14H13Cl2N5O/c1-8-10(7-18-21(8)2)6-17-14-19-13(20-22-14)9-3-11(15)5-12(16)4-9/h3-5,7H,6H2,1-2H3,(H,17,19,20). The van der Waals surface area contributed by atoms with Crippen LogP contribution < -0.4 is 5.32 Å². The first-order chi connectivity index (χ1) is 10.5. The smallest absolute Gasteiger partial charge is 0.322 e. The van der Waals surface area contributed by atoms with Gasteiger partial charge in [0, 0.05) is 40.5 Å². The molecule has 2 heterocycles. The van der Waals surface area contributed by atoms with Crippen molar-refractivity contribution < 1.29 is 4.52 Å². The van der Waals surface area contributed by atoms with Crippen molar-refractivity contribution in [3.63, 3.8) is 0 Å². The molecule has 0 aliphatic rings. The third-order valence-corrected chi connectivity index (χ3v) is 3.75. The highest BCUT2D eigenvalue weighted by molar-refractivity contribution is 6.35. The average molecular weight is 338 g/mol. The van der Waals surface area contributed by atoms with Crippen LogP contribution in [-0.2, 0) is 13.6 Å². The zero-order valence-electron chi connectivity index (χ0n) is 12.0. The van der Waals surface area contributed by atoms with Crippen LogP contribution in [0.5, 0.6) is 0 Å². The molecule has 0 aliphatic heterocycles. The summed E-state index contributed by atoms with van der Waals surface area (Å²) in [6, 6.07) is 5.44. The van der Waals surface area contributed by atoms with Crippen LogP contribution in [0.1, 0.15) is 11.3 Å². The van der Waals surface area contributed by atoms with E-state index in [-0.39, 0.29) is 0 Å². The summed E-state index contributed by atoms with van der Waals surface area (Å²) in [6.45, 7) is 2.55. The maximum absolute atomic E-state index is 5.97. The monoisotopic (exact) mass is 337 g/mol. The summed E-state index contributed by atoms with van der Waals surface area (Å²) < 4.78 is 6.99. The summed E-state index contributed by atoms with van der Waals surface area (Å²) in [5.74, 6) is 0.426. The Hall–Kier alpha value is -2.05. The van der Waals surface area contributed by atoms with Crippen molar-refractivity contribution >= 4 is 29.2 Å². The highest BCUT2D eigenvalue weighted by Crippen LogP contribution is 2.26. The third kappa shape index (κ3) is 3.08. The molecule has 3 aromatic rings. The van der Waals surface area contributed by atoms with Gasteiger partial charge in [-0.2, -0.15) is 10.1 Å². The fourth-order valence-corrected chi connectivity index (χ4v) is 2.51. The van der Waals surface area contributed by atoms with Crippen molar-refractivity contribution in [1.29, 1.82) is 0 Å². The maximum Gasteiger partial charge on any atom is 0.322 e. The summed E-state index contributed by atoms with van der Waals surface area (Å²) in [6.07, 6.45) is 1.80. The van der Waals surface area contributed by atoms with E-state index in [4.69, 9.17) is 27.7 Å². The number of benzene rings is 1. The molecule has 0 aliphatic carbocycles. The van der Waals surface area contributed by atoms with Gasteiger partial charge in [-0.05, 0) is 25.1 Å². The molecule has 3 rings (SSSR count). The van der Waals surface area contributed by atoms with Crippen LogP contribution in [0.4, 0.5) is 6.01 Å². The van der Waals surface area contributed by atoms with Gasteiger partial charge in [-0.3, -0.25) is 4.68 Å². The summed E-state index contributed by atoms with van der Waals surface area (Å²) in [5.41, 5.74) is 2.84. The van der Waals surface area contributed by atoms with Crippen LogP contribution in [-0.4, -0.2) is 19.9 Å². The molecule has 0 atom stereocenters. The van der Waals surface area contributed by atoms with Gasteiger partial charge in [-0.1, -0.05) is 28.4 Å². The first-order valence-corrected chi connectivity index (χ1v) is 7.30. The van der Waals surface area contributed by atoms with Crippen LogP contribution in [0.3, 0.4) is 0 Å². The molecule has 0 fully saturated rings. The fourth-order valence-electron chi connectivity index (χ4n) is 1.98. The maximum atomic E-state index is 5.97. The number of halogens is 2. The van der Waals surface area contributed by atoms with Crippen molar-refractivity contribution in [2.45, 2.75) is 13.5 Å². The van der Waals surface area contributed by atoms with Gasteiger partial charge in [0.15, 0.2) is 0 Å². The molecule has 0 unspecified atom stereocenters. The van der Waals surface area contributed by atoms with Gasteiger partial charge >= 0.3 is 6.01 Å². The molecule has 6 nitrogen and oxygen atoms in total. The highest BCUT2D eigenvalue weighted by Gasteiger charge is 2.11. The minimum absolute atomic E-state index is 0.328. The second kappa shape index (κ2) is 5.98. The molecular weight excluding hydrogens is 325 g/mol. The van der Waals surface area contributed by atoms with Crippen molar-refractivity contribution in [2.24, 2.45) is 7.05 Å². The van der Waals surface area contributed by atoms with Gasteiger partial charge in [-0.25, -0.2) is 0 Å². The Morgan fingerprint density at radius 1 is 1.23 bits per heavy atom. The fraction of sp³-hybridized carbons (Fsp3) is 0.214. The number of aromatic nitrogens is 4. The summed E-state index contributed by atoms with van der Waals surface area (Å²) in [7, 11) is 1.90. The van der Waals surface area contributed by atoms with Gasteiger partial charge in [0.2, 0.25) is 5.82 Å². The number of aryl methyl sites for hydroxylation is 1. The molecule has 0 amide bonds. The van der Waals surface area contributed by atoms with E-state index >= 15 is 0 Å². The van der Waals surface area contributed by atoms with Gasteiger partial charge in [0.1, 0.15) is 0 Å². The molecule has 2 aromatic heterocycles.